The lowest BCUT2D eigenvalue weighted by molar-refractivity contribution is 0.670. The molecule has 0 aliphatic heterocycles. The van der Waals surface area contributed by atoms with E-state index in [4.69, 9.17) is 19.4 Å². The first-order valence-electron chi connectivity index (χ1n) is 20.5. The van der Waals surface area contributed by atoms with Crippen LogP contribution in [0.2, 0.25) is 0 Å². The third-order valence-corrected chi connectivity index (χ3v) is 12.4. The van der Waals surface area contributed by atoms with E-state index < -0.39 is 0 Å². The molecule has 9 heteroatoms. The van der Waals surface area contributed by atoms with Crippen molar-refractivity contribution in [1.82, 2.24) is 15.0 Å². The highest BCUT2D eigenvalue weighted by Crippen LogP contribution is 2.38. The molecule has 0 fully saturated rings. The summed E-state index contributed by atoms with van der Waals surface area (Å²) >= 11 is 0. The van der Waals surface area contributed by atoms with Crippen molar-refractivity contribution < 1.29 is 4.42 Å². The van der Waals surface area contributed by atoms with Crippen LogP contribution in [0.1, 0.15) is 0 Å². The molecule has 0 spiro atoms. The van der Waals surface area contributed by atoms with Crippen LogP contribution in [0.15, 0.2) is 174 Å². The predicted octanol–water partition coefficient (Wildman–Crippen LogP) is 4.73. The number of nitrogens with zero attached hydrogens (tertiary/aromatic N) is 3. The topological polar surface area (TPSA) is 51.8 Å². The van der Waals surface area contributed by atoms with Crippen LogP contribution in [0.5, 0.6) is 0 Å². The maximum Gasteiger partial charge on any atom is 0.164 e. The molecule has 0 radical (unpaired) electrons. The summed E-state index contributed by atoms with van der Waals surface area (Å²) < 4.78 is 6.63. The number of hydrogen-bond acceptors (Lipinski definition) is 4. The summed E-state index contributed by atoms with van der Waals surface area (Å²) in [4.78, 5) is 15.3. The van der Waals surface area contributed by atoms with Gasteiger partial charge in [-0.2, -0.15) is 0 Å². The van der Waals surface area contributed by atoms with Crippen LogP contribution in [0.25, 0.3) is 101 Å². The lowest BCUT2D eigenvalue weighted by Gasteiger charge is -2.20. The van der Waals surface area contributed by atoms with Crippen LogP contribution in [0.3, 0.4) is 0 Å². The van der Waals surface area contributed by atoms with Crippen molar-refractivity contribution in [1.29, 1.82) is 0 Å². The molecule has 2 aromatic heterocycles. The van der Waals surface area contributed by atoms with Gasteiger partial charge in [0.05, 0.1) is 0 Å². The van der Waals surface area contributed by atoms with Crippen molar-refractivity contribution in [2.24, 2.45) is 0 Å². The maximum absolute atomic E-state index is 6.63. The fourth-order valence-electron chi connectivity index (χ4n) is 8.59. The zero-order valence-electron chi connectivity index (χ0n) is 34.4. The predicted molar refractivity (Wildman–Crippen MR) is 266 cm³/mol. The molecule has 0 atom stereocenters. The van der Waals surface area contributed by atoms with Gasteiger partial charge < -0.3 is 4.42 Å². The molecule has 0 N–H and O–H groups in total. The van der Waals surface area contributed by atoms with Gasteiger partial charge in [-0.25, -0.2) is 15.0 Å². The number of para-hydroxylation sites is 1. The van der Waals surface area contributed by atoms with Crippen LogP contribution in [-0.2, 0) is 0 Å². The lowest BCUT2D eigenvalue weighted by Crippen LogP contribution is -2.55. The summed E-state index contributed by atoms with van der Waals surface area (Å²) in [6.07, 6.45) is 0. The largest absolute Gasteiger partial charge is 0.455 e. The van der Waals surface area contributed by atoms with Gasteiger partial charge in [0.1, 0.15) is 50.4 Å². The van der Waals surface area contributed by atoms with Gasteiger partial charge in [0.15, 0.2) is 17.5 Å². The van der Waals surface area contributed by atoms with Crippen LogP contribution >= 0.6 is 0 Å². The molecule has 0 bridgehead atoms. The molecule has 10 aromatic rings. The molecule has 0 saturated carbocycles. The molecule has 60 heavy (non-hydrogen) atoms. The summed E-state index contributed by atoms with van der Waals surface area (Å²) in [5, 5.41) is 2.06. The molecule has 0 saturated heterocycles. The fourth-order valence-corrected chi connectivity index (χ4v) is 8.59. The highest BCUT2D eigenvalue weighted by molar-refractivity contribution is 6.68. The zero-order chi connectivity index (χ0) is 40.9. The minimum Gasteiger partial charge on any atom is -0.455 e. The van der Waals surface area contributed by atoms with Crippen molar-refractivity contribution >= 4 is 88.5 Å². The second kappa shape index (κ2) is 15.2. The van der Waals surface area contributed by atoms with Crippen molar-refractivity contribution in [3.05, 3.63) is 170 Å². The molecule has 0 unspecified atom stereocenters. The van der Waals surface area contributed by atoms with Gasteiger partial charge in [-0.1, -0.05) is 157 Å². The molecule has 4 nitrogen and oxygen atoms in total. The van der Waals surface area contributed by atoms with Gasteiger partial charge in [-0.15, -0.1) is 16.4 Å². The molecule has 278 valence electrons. The standard InChI is InChI=1S/C51H38B5N3O/c52-43-42(44(53)46(55)47(56)45(43)54)35-13-7-14-36(27-35)50-57-49(34-11-5-2-6-12-34)58-51(59-50)37-25-26-41-40(28-37)39-16-8-15-38(48(39)60-41)33-23-21-32(22-24-33)31-19-17-30(18-20-31)29-9-3-1-4-10-29/h1-28H,52-56H2. The highest BCUT2D eigenvalue weighted by atomic mass is 16.3. The minimum absolute atomic E-state index is 0.610. The van der Waals surface area contributed by atoms with E-state index in [1.165, 1.54) is 55.1 Å². The van der Waals surface area contributed by atoms with Crippen LogP contribution < -0.4 is 27.3 Å². The molecule has 8 aromatic carbocycles. The molecular weight excluding hydrogens is 725 g/mol. The van der Waals surface area contributed by atoms with Gasteiger partial charge in [0.25, 0.3) is 0 Å². The van der Waals surface area contributed by atoms with Crippen molar-refractivity contribution in [2.75, 3.05) is 0 Å². The van der Waals surface area contributed by atoms with E-state index in [9.17, 15) is 0 Å². The van der Waals surface area contributed by atoms with Crippen molar-refractivity contribution in [3.63, 3.8) is 0 Å². The molecule has 2 heterocycles. The van der Waals surface area contributed by atoms with E-state index in [-0.39, 0.29) is 0 Å². The summed E-state index contributed by atoms with van der Waals surface area (Å²) in [5.41, 5.74) is 20.4. The number of hydrogen-bond donors (Lipinski definition) is 0. The van der Waals surface area contributed by atoms with Gasteiger partial charge >= 0.3 is 0 Å². The van der Waals surface area contributed by atoms with Gasteiger partial charge in [0.2, 0.25) is 0 Å². The van der Waals surface area contributed by atoms with E-state index in [0.717, 1.165) is 55.3 Å². The zero-order valence-corrected chi connectivity index (χ0v) is 34.4. The van der Waals surface area contributed by atoms with Gasteiger partial charge in [0, 0.05) is 33.0 Å². The summed E-state index contributed by atoms with van der Waals surface area (Å²) in [7, 11) is 11.1. The number of furan rings is 1. The molecular formula is C51H38B5N3O. The average Bonchev–Trinajstić information content (AvgIpc) is 3.69. The Morgan fingerprint density at radius 2 is 0.750 bits per heavy atom. The first-order valence-corrected chi connectivity index (χ1v) is 20.5. The summed E-state index contributed by atoms with van der Waals surface area (Å²) in [5.74, 6) is 1.87. The molecule has 0 amide bonds. The number of benzene rings is 8. The first-order chi connectivity index (χ1) is 29.3. The van der Waals surface area contributed by atoms with Crippen molar-refractivity contribution in [2.45, 2.75) is 0 Å². The first kappa shape index (κ1) is 37.2. The number of rotatable bonds is 7. The number of fused-ring (bicyclic) bond motifs is 3. The Labute approximate surface area is 354 Å². The normalized spacial score (nSPS) is 11.3. The second-order valence-corrected chi connectivity index (χ2v) is 15.8. The van der Waals surface area contributed by atoms with E-state index in [0.29, 0.717) is 17.5 Å². The van der Waals surface area contributed by atoms with Crippen LogP contribution in [0.4, 0.5) is 0 Å². The Kier molecular flexibility index (Phi) is 9.45. The van der Waals surface area contributed by atoms with Crippen LogP contribution in [0, 0.1) is 0 Å². The monoisotopic (exact) mass is 763 g/mol. The van der Waals surface area contributed by atoms with Crippen LogP contribution in [-0.4, -0.2) is 54.2 Å². The van der Waals surface area contributed by atoms with Crippen molar-refractivity contribution in [3.8, 4) is 78.7 Å². The van der Waals surface area contributed by atoms with Gasteiger partial charge in [-0.3, -0.25) is 0 Å². The Hall–Kier alpha value is -7.11. The highest BCUT2D eigenvalue weighted by Gasteiger charge is 2.18. The number of aromatic nitrogens is 3. The third kappa shape index (κ3) is 6.66. The third-order valence-electron chi connectivity index (χ3n) is 12.4. The summed E-state index contributed by atoms with van der Waals surface area (Å²) in [6.45, 7) is 0. The fraction of sp³-hybridized carbons (Fsp3) is 0. The maximum atomic E-state index is 6.63. The van der Waals surface area contributed by atoms with E-state index in [1.54, 1.807) is 0 Å². The Balaban J connectivity index is 1.03. The quantitative estimate of drug-likeness (QED) is 0.221. The lowest BCUT2D eigenvalue weighted by atomic mass is 9.59. The molecule has 10 rings (SSSR count). The second-order valence-electron chi connectivity index (χ2n) is 15.8. The molecule has 0 aliphatic carbocycles. The van der Waals surface area contributed by atoms with E-state index in [2.05, 4.69) is 167 Å². The van der Waals surface area contributed by atoms with E-state index in [1.807, 2.05) is 42.5 Å². The minimum atomic E-state index is 0.610. The Morgan fingerprint density at radius 1 is 0.317 bits per heavy atom. The Morgan fingerprint density at radius 3 is 1.35 bits per heavy atom. The molecule has 0 aliphatic rings. The SMILES string of the molecule is Bc1c(B)c(B)c(-c2cccc(-c3nc(-c4ccccc4)nc(-c4ccc5oc6c(-c7ccc(-c8ccc(-c9ccccc9)cc8)cc7)cccc6c5c4)n3)c2)c(B)c1B. The smallest absolute Gasteiger partial charge is 0.164 e. The Bertz CT molecular complexity index is 3210. The average molecular weight is 763 g/mol. The summed E-state index contributed by atoms with van der Waals surface area (Å²) in [6, 6.07) is 59.4. The van der Waals surface area contributed by atoms with Gasteiger partial charge in [-0.05, 0) is 63.2 Å². The van der Waals surface area contributed by atoms with E-state index >= 15 is 0 Å².